The number of carbonyl (C=O) groups excluding carboxylic acids is 1. The van der Waals surface area contributed by atoms with Crippen molar-refractivity contribution in [2.45, 2.75) is 32.0 Å². The highest BCUT2D eigenvalue weighted by Gasteiger charge is 2.31. The van der Waals surface area contributed by atoms with E-state index in [1.165, 1.54) is 41.6 Å². The summed E-state index contributed by atoms with van der Waals surface area (Å²) in [5.74, 6) is -0.0451. The number of thioether (sulfide) groups is 1. The minimum atomic E-state index is -4.76. The number of hydrogen-bond donors (Lipinski definition) is 0. The number of ether oxygens (including phenoxy) is 1. The second kappa shape index (κ2) is 9.10. The van der Waals surface area contributed by atoms with Gasteiger partial charge in [-0.2, -0.15) is 5.10 Å². The van der Waals surface area contributed by atoms with Gasteiger partial charge in [0, 0.05) is 22.6 Å². The van der Waals surface area contributed by atoms with Gasteiger partial charge in [0.15, 0.2) is 5.78 Å². The van der Waals surface area contributed by atoms with Gasteiger partial charge in [-0.25, -0.2) is 9.67 Å². The van der Waals surface area contributed by atoms with Crippen LogP contribution in [0.5, 0.6) is 5.75 Å². The molecule has 0 aliphatic carbocycles. The van der Waals surface area contributed by atoms with Gasteiger partial charge in [-0.15, -0.1) is 23.4 Å². The summed E-state index contributed by atoms with van der Waals surface area (Å²) in [6, 6.07) is 7.19. The monoisotopic (exact) mass is 478 g/mol. The summed E-state index contributed by atoms with van der Waals surface area (Å²) < 4.78 is 49.9. The molecule has 0 bridgehead atoms. The molecule has 0 saturated heterocycles. The van der Waals surface area contributed by atoms with Crippen molar-refractivity contribution in [2.75, 3.05) is 5.75 Å². The van der Waals surface area contributed by atoms with Crippen LogP contribution in [0.1, 0.15) is 27.6 Å². The standard InChI is InChI=1S/C20H17F3N6O3S/c1-12-7-16(13(2)29(12)14-3-5-15(6-4-14)32-20(21,22)23)17(30)9-33-19-27-26-18(31-19)8-28-11-24-10-25-28/h3-7,10-11H,8-9H2,1-2H3. The van der Waals surface area contributed by atoms with Crippen LogP contribution in [-0.4, -0.2) is 47.4 Å². The molecule has 0 aliphatic rings. The van der Waals surface area contributed by atoms with Gasteiger partial charge in [0.25, 0.3) is 5.22 Å². The average Bonchev–Trinajstić information content (AvgIpc) is 3.48. The maximum atomic E-state index is 12.8. The molecule has 0 amide bonds. The zero-order chi connectivity index (χ0) is 23.6. The lowest BCUT2D eigenvalue weighted by Gasteiger charge is -2.12. The summed E-state index contributed by atoms with van der Waals surface area (Å²) in [6.07, 6.45) is -1.84. The Kier molecular flexibility index (Phi) is 6.22. The van der Waals surface area contributed by atoms with Crippen LogP contribution in [0.15, 0.2) is 52.6 Å². The molecule has 9 nitrogen and oxygen atoms in total. The van der Waals surface area contributed by atoms with E-state index in [1.807, 2.05) is 6.92 Å². The number of alkyl halides is 3. The highest BCUT2D eigenvalue weighted by molar-refractivity contribution is 7.99. The van der Waals surface area contributed by atoms with Crippen LogP contribution in [0.25, 0.3) is 5.69 Å². The smallest absolute Gasteiger partial charge is 0.414 e. The molecule has 0 unspecified atom stereocenters. The normalized spacial score (nSPS) is 11.7. The molecule has 3 heterocycles. The van der Waals surface area contributed by atoms with Crippen molar-refractivity contribution in [2.24, 2.45) is 0 Å². The van der Waals surface area contributed by atoms with Gasteiger partial charge < -0.3 is 13.7 Å². The first kappa shape index (κ1) is 22.6. The largest absolute Gasteiger partial charge is 0.573 e. The van der Waals surface area contributed by atoms with Crippen molar-refractivity contribution < 1.29 is 27.1 Å². The van der Waals surface area contributed by atoms with Gasteiger partial charge >= 0.3 is 6.36 Å². The van der Waals surface area contributed by atoms with Gasteiger partial charge in [-0.05, 0) is 44.2 Å². The number of rotatable bonds is 8. The molecule has 33 heavy (non-hydrogen) atoms. The Balaban J connectivity index is 1.43. The lowest BCUT2D eigenvalue weighted by atomic mass is 10.2. The lowest BCUT2D eigenvalue weighted by molar-refractivity contribution is -0.274. The van der Waals surface area contributed by atoms with Crippen LogP contribution in [-0.2, 0) is 6.54 Å². The highest BCUT2D eigenvalue weighted by atomic mass is 32.2. The van der Waals surface area contributed by atoms with Crippen molar-refractivity contribution in [1.82, 2.24) is 29.5 Å². The maximum absolute atomic E-state index is 12.8. The van der Waals surface area contributed by atoms with Crippen LogP contribution in [0.3, 0.4) is 0 Å². The summed E-state index contributed by atoms with van der Waals surface area (Å²) >= 11 is 1.12. The van der Waals surface area contributed by atoms with E-state index in [0.29, 0.717) is 22.8 Å². The van der Waals surface area contributed by atoms with E-state index in [9.17, 15) is 18.0 Å². The SMILES string of the molecule is Cc1cc(C(=O)CSc2nnc(Cn3cncn3)o2)c(C)n1-c1ccc(OC(F)(F)F)cc1. The summed E-state index contributed by atoms with van der Waals surface area (Å²) in [7, 11) is 0. The summed E-state index contributed by atoms with van der Waals surface area (Å²) in [6.45, 7) is 3.86. The third-order valence-electron chi connectivity index (χ3n) is 4.60. The molecule has 0 aliphatic heterocycles. The molecule has 4 rings (SSSR count). The molecule has 0 spiro atoms. The van der Waals surface area contributed by atoms with E-state index in [-0.39, 0.29) is 29.1 Å². The molecular weight excluding hydrogens is 461 g/mol. The number of aromatic nitrogens is 6. The molecule has 172 valence electrons. The van der Waals surface area contributed by atoms with Gasteiger partial charge in [-0.1, -0.05) is 11.8 Å². The number of carbonyl (C=O) groups is 1. The molecule has 4 aromatic rings. The third-order valence-corrected chi connectivity index (χ3v) is 5.42. The van der Waals surface area contributed by atoms with Crippen LogP contribution in [0.2, 0.25) is 0 Å². The first-order chi connectivity index (χ1) is 15.7. The topological polar surface area (TPSA) is 101 Å². The van der Waals surface area contributed by atoms with E-state index in [1.54, 1.807) is 17.6 Å². The Morgan fingerprint density at radius 2 is 1.94 bits per heavy atom. The lowest BCUT2D eigenvalue weighted by Crippen LogP contribution is -2.17. The zero-order valence-electron chi connectivity index (χ0n) is 17.4. The van der Waals surface area contributed by atoms with Gasteiger partial charge in [0.05, 0.1) is 5.75 Å². The minimum Gasteiger partial charge on any atom is -0.414 e. The van der Waals surface area contributed by atoms with E-state index in [0.717, 1.165) is 17.5 Å². The number of hydrogen-bond acceptors (Lipinski definition) is 8. The fourth-order valence-corrected chi connectivity index (χ4v) is 3.92. The van der Waals surface area contributed by atoms with E-state index in [2.05, 4.69) is 25.0 Å². The Bertz CT molecular complexity index is 1250. The maximum Gasteiger partial charge on any atom is 0.573 e. The summed E-state index contributed by atoms with van der Waals surface area (Å²) in [5.41, 5.74) is 2.54. The van der Waals surface area contributed by atoms with Crippen molar-refractivity contribution >= 4 is 17.5 Å². The van der Waals surface area contributed by atoms with Crippen LogP contribution in [0.4, 0.5) is 13.2 Å². The predicted molar refractivity (Wildman–Crippen MR) is 110 cm³/mol. The minimum absolute atomic E-state index is 0.0770. The van der Waals surface area contributed by atoms with Crippen molar-refractivity contribution in [3.63, 3.8) is 0 Å². The van der Waals surface area contributed by atoms with Crippen LogP contribution >= 0.6 is 11.8 Å². The highest BCUT2D eigenvalue weighted by Crippen LogP contribution is 2.27. The molecular formula is C20H17F3N6O3S. The third kappa shape index (κ3) is 5.42. The van der Waals surface area contributed by atoms with Crippen molar-refractivity contribution in [3.8, 4) is 11.4 Å². The summed E-state index contributed by atoms with van der Waals surface area (Å²) in [4.78, 5) is 16.7. The molecule has 13 heteroatoms. The van der Waals surface area contributed by atoms with Crippen LogP contribution in [0, 0.1) is 13.8 Å². The van der Waals surface area contributed by atoms with Crippen LogP contribution < -0.4 is 4.74 Å². The molecule has 0 saturated carbocycles. The Morgan fingerprint density at radius 3 is 2.61 bits per heavy atom. The molecule has 0 fully saturated rings. The number of ketones is 1. The van der Waals surface area contributed by atoms with Crippen molar-refractivity contribution in [3.05, 3.63) is 65.8 Å². The fraction of sp³-hybridized carbons (Fsp3) is 0.250. The number of Topliss-reactive ketones (excluding diaryl/α,β-unsaturated/α-hetero) is 1. The predicted octanol–water partition coefficient (Wildman–Crippen LogP) is 3.99. The second-order valence-electron chi connectivity index (χ2n) is 6.93. The van der Waals surface area contributed by atoms with Crippen molar-refractivity contribution in [1.29, 1.82) is 0 Å². The number of benzene rings is 1. The van der Waals surface area contributed by atoms with Gasteiger partial charge in [0.1, 0.15) is 24.9 Å². The molecule has 0 atom stereocenters. The average molecular weight is 478 g/mol. The Labute approximate surface area is 189 Å². The van der Waals surface area contributed by atoms with E-state index < -0.39 is 6.36 Å². The van der Waals surface area contributed by atoms with E-state index >= 15 is 0 Å². The van der Waals surface area contributed by atoms with Gasteiger partial charge in [0.2, 0.25) is 5.89 Å². The zero-order valence-corrected chi connectivity index (χ0v) is 18.2. The molecule has 3 aromatic heterocycles. The Morgan fingerprint density at radius 1 is 1.18 bits per heavy atom. The Hall–Kier alpha value is -3.61. The molecule has 1 aromatic carbocycles. The van der Waals surface area contributed by atoms with Gasteiger partial charge in [-0.3, -0.25) is 4.79 Å². The first-order valence-corrected chi connectivity index (χ1v) is 10.5. The molecule has 0 N–H and O–H groups in total. The second-order valence-corrected chi connectivity index (χ2v) is 7.86. The number of nitrogens with zero attached hydrogens (tertiary/aromatic N) is 6. The first-order valence-electron chi connectivity index (χ1n) is 9.55. The molecule has 0 radical (unpaired) electrons. The summed E-state index contributed by atoms with van der Waals surface area (Å²) in [5, 5.41) is 12.1. The fourth-order valence-electron chi connectivity index (χ4n) is 3.26. The number of aryl methyl sites for hydroxylation is 1. The quantitative estimate of drug-likeness (QED) is 0.277. The number of halogens is 3. The van der Waals surface area contributed by atoms with E-state index in [4.69, 9.17) is 4.42 Å².